The van der Waals surface area contributed by atoms with Crippen LogP contribution in [-0.2, 0) is 6.54 Å². The number of rotatable bonds is 8. The largest absolute Gasteiger partial charge is 0.476 e. The molecular formula is C19H18N8O3. The summed E-state index contributed by atoms with van der Waals surface area (Å²) in [7, 11) is 0. The zero-order valence-corrected chi connectivity index (χ0v) is 15.7. The topological polar surface area (TPSA) is 186 Å². The van der Waals surface area contributed by atoms with Gasteiger partial charge in [-0.3, -0.25) is 0 Å². The number of carboxylic acids is 1. The van der Waals surface area contributed by atoms with Crippen molar-refractivity contribution in [1.29, 1.82) is 5.26 Å². The number of nitrogen functional groups attached to an aromatic ring is 1. The monoisotopic (exact) mass is 406 g/mol. The molecule has 0 aliphatic rings. The molecule has 0 amide bonds. The van der Waals surface area contributed by atoms with Gasteiger partial charge in [0.1, 0.15) is 12.7 Å². The van der Waals surface area contributed by atoms with Crippen LogP contribution in [0.2, 0.25) is 0 Å². The molecule has 3 rings (SSSR count). The molecule has 2 heterocycles. The Morgan fingerprint density at radius 3 is 2.63 bits per heavy atom. The SMILES string of the molecule is N#Cc1cnc(NCc2ccc(-c3cnc(N)c(OCCN)n3)cc2)c(C(=O)O)n1. The van der Waals surface area contributed by atoms with Crippen molar-refractivity contribution in [2.24, 2.45) is 5.73 Å². The van der Waals surface area contributed by atoms with Gasteiger partial charge in [0.15, 0.2) is 23.0 Å². The number of nitrogens with zero attached hydrogens (tertiary/aromatic N) is 5. The van der Waals surface area contributed by atoms with Crippen LogP contribution < -0.4 is 21.5 Å². The van der Waals surface area contributed by atoms with E-state index in [4.69, 9.17) is 21.5 Å². The van der Waals surface area contributed by atoms with E-state index in [1.165, 1.54) is 6.20 Å². The summed E-state index contributed by atoms with van der Waals surface area (Å²) in [6.45, 7) is 0.920. The number of aromatic nitrogens is 4. The molecule has 0 aliphatic heterocycles. The normalized spacial score (nSPS) is 10.3. The number of nitrogens with one attached hydrogen (secondary N) is 1. The maximum atomic E-state index is 11.3. The van der Waals surface area contributed by atoms with Crippen LogP contribution in [0, 0.1) is 11.3 Å². The summed E-state index contributed by atoms with van der Waals surface area (Å²) >= 11 is 0. The molecule has 11 nitrogen and oxygen atoms in total. The number of aromatic carboxylic acids is 1. The molecule has 2 aromatic heterocycles. The minimum absolute atomic E-state index is 0.0679. The fourth-order valence-electron chi connectivity index (χ4n) is 2.48. The molecule has 3 aromatic rings. The number of nitrogens with two attached hydrogens (primary N) is 2. The number of carbonyl (C=O) groups is 1. The third-order valence-electron chi connectivity index (χ3n) is 3.92. The fraction of sp³-hybridized carbons (Fsp3) is 0.158. The van der Waals surface area contributed by atoms with Gasteiger partial charge in [0.25, 0.3) is 5.88 Å². The Morgan fingerprint density at radius 1 is 1.20 bits per heavy atom. The van der Waals surface area contributed by atoms with Gasteiger partial charge in [-0.25, -0.2) is 24.7 Å². The second-order valence-electron chi connectivity index (χ2n) is 6.00. The smallest absolute Gasteiger partial charge is 0.358 e. The highest BCUT2D eigenvalue weighted by molar-refractivity contribution is 5.90. The predicted octanol–water partition coefficient (Wildman–Crippen LogP) is 1.04. The molecular weight excluding hydrogens is 388 g/mol. The van der Waals surface area contributed by atoms with Gasteiger partial charge in [-0.2, -0.15) is 5.26 Å². The summed E-state index contributed by atoms with van der Waals surface area (Å²) in [4.78, 5) is 27.5. The molecule has 0 radical (unpaired) electrons. The van der Waals surface area contributed by atoms with E-state index in [1.807, 2.05) is 24.3 Å². The number of benzene rings is 1. The second-order valence-corrected chi connectivity index (χ2v) is 6.00. The summed E-state index contributed by atoms with van der Waals surface area (Å²) < 4.78 is 5.39. The lowest BCUT2D eigenvalue weighted by Crippen LogP contribution is -2.13. The molecule has 6 N–H and O–H groups in total. The lowest BCUT2D eigenvalue weighted by molar-refractivity contribution is 0.0691. The van der Waals surface area contributed by atoms with Gasteiger partial charge < -0.3 is 26.6 Å². The molecule has 0 fully saturated rings. The fourth-order valence-corrected chi connectivity index (χ4v) is 2.48. The third-order valence-corrected chi connectivity index (χ3v) is 3.92. The van der Waals surface area contributed by atoms with Crippen molar-refractivity contribution in [2.75, 3.05) is 24.2 Å². The first-order chi connectivity index (χ1) is 14.5. The molecule has 11 heteroatoms. The van der Waals surface area contributed by atoms with Crippen LogP contribution in [-0.4, -0.2) is 44.2 Å². The Kier molecular flexibility index (Phi) is 6.31. The lowest BCUT2D eigenvalue weighted by atomic mass is 10.1. The number of hydrogen-bond donors (Lipinski definition) is 4. The first-order valence-corrected chi connectivity index (χ1v) is 8.80. The molecule has 0 aliphatic carbocycles. The van der Waals surface area contributed by atoms with Crippen LogP contribution in [0.5, 0.6) is 5.88 Å². The highest BCUT2D eigenvalue weighted by Crippen LogP contribution is 2.23. The van der Waals surface area contributed by atoms with E-state index >= 15 is 0 Å². The highest BCUT2D eigenvalue weighted by Gasteiger charge is 2.15. The first kappa shape index (κ1) is 20.4. The Bertz CT molecular complexity index is 1100. The van der Waals surface area contributed by atoms with Gasteiger partial charge in [-0.05, 0) is 5.56 Å². The van der Waals surface area contributed by atoms with E-state index in [9.17, 15) is 9.90 Å². The Balaban J connectivity index is 1.73. The van der Waals surface area contributed by atoms with Gasteiger partial charge in [0.05, 0.1) is 18.1 Å². The minimum atomic E-state index is -1.27. The number of nitriles is 1. The van der Waals surface area contributed by atoms with Gasteiger partial charge in [0, 0.05) is 18.7 Å². The average molecular weight is 406 g/mol. The average Bonchev–Trinajstić information content (AvgIpc) is 2.77. The van der Waals surface area contributed by atoms with Crippen molar-refractivity contribution in [3.8, 4) is 23.2 Å². The van der Waals surface area contributed by atoms with Gasteiger partial charge in [-0.15, -0.1) is 0 Å². The molecule has 0 bridgehead atoms. The Morgan fingerprint density at radius 2 is 1.97 bits per heavy atom. The van der Waals surface area contributed by atoms with Gasteiger partial charge in [-0.1, -0.05) is 24.3 Å². The van der Waals surface area contributed by atoms with E-state index in [2.05, 4.69) is 25.3 Å². The van der Waals surface area contributed by atoms with Crippen molar-refractivity contribution in [3.05, 3.63) is 53.6 Å². The zero-order chi connectivity index (χ0) is 21.5. The van der Waals surface area contributed by atoms with Gasteiger partial charge >= 0.3 is 5.97 Å². The second kappa shape index (κ2) is 9.26. The molecule has 0 atom stereocenters. The van der Waals surface area contributed by atoms with E-state index in [-0.39, 0.29) is 35.5 Å². The summed E-state index contributed by atoms with van der Waals surface area (Å²) in [5, 5.41) is 21.0. The van der Waals surface area contributed by atoms with E-state index in [0.717, 1.165) is 11.1 Å². The molecule has 1 aromatic carbocycles. The Labute approximate surface area is 171 Å². The summed E-state index contributed by atoms with van der Waals surface area (Å²) in [5.41, 5.74) is 13.1. The summed E-state index contributed by atoms with van der Waals surface area (Å²) in [6.07, 6.45) is 2.76. The molecule has 0 saturated heterocycles. The van der Waals surface area contributed by atoms with Gasteiger partial charge in [0.2, 0.25) is 0 Å². The minimum Gasteiger partial charge on any atom is -0.476 e. The third kappa shape index (κ3) is 4.75. The van der Waals surface area contributed by atoms with E-state index in [0.29, 0.717) is 18.8 Å². The van der Waals surface area contributed by atoms with Crippen LogP contribution in [0.15, 0.2) is 36.7 Å². The lowest BCUT2D eigenvalue weighted by Gasteiger charge is -2.10. The Hall–Kier alpha value is -4.30. The molecule has 152 valence electrons. The summed E-state index contributed by atoms with van der Waals surface area (Å²) in [5.74, 6) is -0.779. The first-order valence-electron chi connectivity index (χ1n) is 8.80. The van der Waals surface area contributed by atoms with Crippen LogP contribution in [0.25, 0.3) is 11.3 Å². The van der Waals surface area contributed by atoms with E-state index < -0.39 is 5.97 Å². The van der Waals surface area contributed by atoms with E-state index in [1.54, 1.807) is 12.3 Å². The molecule has 0 unspecified atom stereocenters. The standard InChI is InChI=1S/C19H18N8O3/c20-5-6-30-18-16(22)23-10-14(27-18)12-3-1-11(2-4-12)8-24-17-15(19(28)29)26-13(7-21)9-25-17/h1-4,9-10H,5-6,8,20H2,(H2,22,23)(H,24,25)(H,28,29). The molecule has 0 saturated carbocycles. The molecule has 30 heavy (non-hydrogen) atoms. The highest BCUT2D eigenvalue weighted by atomic mass is 16.5. The molecule has 0 spiro atoms. The van der Waals surface area contributed by atoms with Crippen molar-refractivity contribution in [3.63, 3.8) is 0 Å². The van der Waals surface area contributed by atoms with Crippen LogP contribution in [0.4, 0.5) is 11.6 Å². The maximum Gasteiger partial charge on any atom is 0.358 e. The van der Waals surface area contributed by atoms with Crippen molar-refractivity contribution in [1.82, 2.24) is 19.9 Å². The maximum absolute atomic E-state index is 11.3. The quantitative estimate of drug-likeness (QED) is 0.418. The van der Waals surface area contributed by atoms with Crippen molar-refractivity contribution < 1.29 is 14.6 Å². The number of carboxylic acid groups (broad SMARTS) is 1. The number of ether oxygens (including phenoxy) is 1. The predicted molar refractivity (Wildman–Crippen MR) is 107 cm³/mol. The van der Waals surface area contributed by atoms with Crippen LogP contribution in [0.1, 0.15) is 21.7 Å². The summed E-state index contributed by atoms with van der Waals surface area (Å²) in [6, 6.07) is 9.14. The van der Waals surface area contributed by atoms with Crippen molar-refractivity contribution >= 4 is 17.6 Å². The number of hydrogen-bond acceptors (Lipinski definition) is 10. The zero-order valence-electron chi connectivity index (χ0n) is 15.7. The van der Waals surface area contributed by atoms with Crippen LogP contribution in [0.3, 0.4) is 0 Å². The van der Waals surface area contributed by atoms with Crippen LogP contribution >= 0.6 is 0 Å². The number of anilines is 2. The van der Waals surface area contributed by atoms with Crippen molar-refractivity contribution in [2.45, 2.75) is 6.54 Å².